The second-order valence-corrected chi connectivity index (χ2v) is 6.60. The number of ether oxygens (including phenoxy) is 1. The molecule has 0 unspecified atom stereocenters. The Morgan fingerprint density at radius 1 is 1.26 bits per heavy atom. The van der Waals surface area contributed by atoms with Gasteiger partial charge in [-0.3, -0.25) is 10.1 Å². The highest BCUT2D eigenvalue weighted by Gasteiger charge is 2.20. The molecule has 2 aromatic carbocycles. The maximum Gasteiger partial charge on any atom is 0.321 e. The Hall–Kier alpha value is -2.44. The minimum absolute atomic E-state index is 0.192. The van der Waals surface area contributed by atoms with Gasteiger partial charge in [0.1, 0.15) is 24.2 Å². The third-order valence-electron chi connectivity index (χ3n) is 4.22. The van der Waals surface area contributed by atoms with Crippen LogP contribution in [-0.4, -0.2) is 36.3 Å². The lowest BCUT2D eigenvalue weighted by Crippen LogP contribution is -2.45. The first-order valence-electron chi connectivity index (χ1n) is 9.13. The lowest BCUT2D eigenvalue weighted by atomic mass is 10.1. The lowest BCUT2D eigenvalue weighted by molar-refractivity contribution is -0.139. The van der Waals surface area contributed by atoms with E-state index in [0.717, 1.165) is 24.2 Å². The zero-order valence-electron chi connectivity index (χ0n) is 15.5. The van der Waals surface area contributed by atoms with Crippen LogP contribution >= 0.6 is 0 Å². The van der Waals surface area contributed by atoms with E-state index in [1.807, 2.05) is 31.2 Å². The van der Waals surface area contributed by atoms with Crippen LogP contribution in [-0.2, 0) is 17.6 Å². The molecule has 0 heterocycles. The Labute approximate surface area is 159 Å². The maximum atomic E-state index is 13.3. The number of hydrogen-bond donors (Lipinski definition) is 3. The van der Waals surface area contributed by atoms with E-state index in [-0.39, 0.29) is 18.3 Å². The van der Waals surface area contributed by atoms with E-state index in [2.05, 4.69) is 5.32 Å². The Balaban J connectivity index is 1.92. The van der Waals surface area contributed by atoms with Gasteiger partial charge in [-0.05, 0) is 62.1 Å². The van der Waals surface area contributed by atoms with Crippen molar-refractivity contribution < 1.29 is 19.0 Å². The second-order valence-electron chi connectivity index (χ2n) is 6.60. The van der Waals surface area contributed by atoms with Gasteiger partial charge in [-0.15, -0.1) is 0 Å². The van der Waals surface area contributed by atoms with Gasteiger partial charge in [0, 0.05) is 6.04 Å². The highest BCUT2D eigenvalue weighted by atomic mass is 19.1. The van der Waals surface area contributed by atoms with Gasteiger partial charge in [0.05, 0.1) is 0 Å². The number of carbonyl (C=O) groups is 1. The predicted octanol–water partition coefficient (Wildman–Crippen LogP) is 2.77. The molecule has 2 aromatic rings. The van der Waals surface area contributed by atoms with Crippen molar-refractivity contribution in [1.29, 1.82) is 0 Å². The Bertz CT molecular complexity index is 739. The summed E-state index contributed by atoms with van der Waals surface area (Å²) in [6.07, 6.45) is 1.92. The minimum atomic E-state index is -0.977. The van der Waals surface area contributed by atoms with Crippen LogP contribution in [0.2, 0.25) is 0 Å². The molecule has 0 aromatic heterocycles. The second kappa shape index (κ2) is 10.6. The van der Waals surface area contributed by atoms with E-state index in [0.29, 0.717) is 18.7 Å². The molecule has 0 aliphatic rings. The summed E-state index contributed by atoms with van der Waals surface area (Å²) in [6.45, 7) is 2.81. The molecule has 2 rings (SSSR count). The van der Waals surface area contributed by atoms with Crippen molar-refractivity contribution in [1.82, 2.24) is 5.32 Å². The standard InChI is InChI=1S/C21H27FN2O3/c1-15(14-27-20-10-3-2-7-17(20)8-5-11-23)24-19(21(25)26)13-16-6-4-9-18(22)12-16/h2-4,6-7,9-10,12,15,19,24H,5,8,11,13-14,23H2,1H3,(H,25,26)/t15-,19+/m0/s1. The zero-order chi connectivity index (χ0) is 19.6. The number of aryl methyl sites for hydroxylation is 1. The molecule has 0 saturated heterocycles. The fraction of sp³-hybridized carbons (Fsp3) is 0.381. The predicted molar refractivity (Wildman–Crippen MR) is 103 cm³/mol. The molecular formula is C21H27FN2O3. The summed E-state index contributed by atoms with van der Waals surface area (Å²) in [5, 5.41) is 12.5. The van der Waals surface area contributed by atoms with E-state index in [1.165, 1.54) is 12.1 Å². The van der Waals surface area contributed by atoms with E-state index < -0.39 is 12.0 Å². The van der Waals surface area contributed by atoms with Crippen LogP contribution < -0.4 is 15.8 Å². The topological polar surface area (TPSA) is 84.6 Å². The summed E-state index contributed by atoms with van der Waals surface area (Å²) in [6, 6.07) is 12.7. The monoisotopic (exact) mass is 374 g/mol. The van der Waals surface area contributed by atoms with Gasteiger partial charge in [0.25, 0.3) is 0 Å². The molecule has 0 fully saturated rings. The van der Waals surface area contributed by atoms with Crippen LogP contribution in [0.5, 0.6) is 5.75 Å². The molecule has 6 heteroatoms. The van der Waals surface area contributed by atoms with Gasteiger partial charge in [-0.2, -0.15) is 0 Å². The lowest BCUT2D eigenvalue weighted by Gasteiger charge is -2.21. The van der Waals surface area contributed by atoms with Crippen LogP contribution in [0.4, 0.5) is 4.39 Å². The van der Waals surface area contributed by atoms with Crippen molar-refractivity contribution in [2.24, 2.45) is 5.73 Å². The molecule has 146 valence electrons. The average Bonchev–Trinajstić information content (AvgIpc) is 2.64. The quantitative estimate of drug-likeness (QED) is 0.563. The first kappa shape index (κ1) is 20.9. The van der Waals surface area contributed by atoms with Crippen molar-refractivity contribution in [3.05, 3.63) is 65.5 Å². The van der Waals surface area contributed by atoms with E-state index >= 15 is 0 Å². The SMILES string of the molecule is C[C@@H](COc1ccccc1CCCN)N[C@H](Cc1cccc(F)c1)C(=O)O. The fourth-order valence-electron chi connectivity index (χ4n) is 2.87. The summed E-state index contributed by atoms with van der Waals surface area (Å²) >= 11 is 0. The van der Waals surface area contributed by atoms with Crippen molar-refractivity contribution >= 4 is 5.97 Å². The van der Waals surface area contributed by atoms with E-state index in [9.17, 15) is 14.3 Å². The van der Waals surface area contributed by atoms with Gasteiger partial charge in [-0.25, -0.2) is 4.39 Å². The maximum absolute atomic E-state index is 13.3. The normalized spacial score (nSPS) is 13.1. The molecule has 0 aliphatic carbocycles. The van der Waals surface area contributed by atoms with Crippen LogP contribution in [0.25, 0.3) is 0 Å². The average molecular weight is 374 g/mol. The summed E-state index contributed by atoms with van der Waals surface area (Å²) in [5.74, 6) is -0.562. The Morgan fingerprint density at radius 3 is 2.74 bits per heavy atom. The fourth-order valence-corrected chi connectivity index (χ4v) is 2.87. The highest BCUT2D eigenvalue weighted by Crippen LogP contribution is 2.19. The Kier molecular flexibility index (Phi) is 8.23. The van der Waals surface area contributed by atoms with Gasteiger partial charge in [0.2, 0.25) is 0 Å². The van der Waals surface area contributed by atoms with Crippen molar-refractivity contribution in [3.63, 3.8) is 0 Å². The van der Waals surface area contributed by atoms with Crippen molar-refractivity contribution in [2.75, 3.05) is 13.2 Å². The molecule has 0 amide bonds. The molecular weight excluding hydrogens is 347 g/mol. The van der Waals surface area contributed by atoms with Gasteiger partial charge >= 0.3 is 5.97 Å². The molecule has 5 nitrogen and oxygen atoms in total. The van der Waals surface area contributed by atoms with Crippen LogP contribution in [0.3, 0.4) is 0 Å². The molecule has 4 N–H and O–H groups in total. The first-order valence-corrected chi connectivity index (χ1v) is 9.13. The van der Waals surface area contributed by atoms with E-state index in [4.69, 9.17) is 10.5 Å². The molecule has 0 saturated carbocycles. The first-order chi connectivity index (χ1) is 13.0. The summed E-state index contributed by atoms with van der Waals surface area (Å²) < 4.78 is 19.2. The summed E-state index contributed by atoms with van der Waals surface area (Å²) in [7, 11) is 0. The summed E-state index contributed by atoms with van der Waals surface area (Å²) in [4.78, 5) is 11.6. The van der Waals surface area contributed by atoms with Gasteiger partial charge in [-0.1, -0.05) is 30.3 Å². The number of rotatable bonds is 11. The van der Waals surface area contributed by atoms with Crippen LogP contribution in [0.15, 0.2) is 48.5 Å². The number of carboxylic acid groups (broad SMARTS) is 1. The number of nitrogens with one attached hydrogen (secondary N) is 1. The largest absolute Gasteiger partial charge is 0.492 e. The molecule has 0 bridgehead atoms. The minimum Gasteiger partial charge on any atom is -0.492 e. The van der Waals surface area contributed by atoms with Crippen LogP contribution in [0, 0.1) is 5.82 Å². The smallest absolute Gasteiger partial charge is 0.321 e. The van der Waals surface area contributed by atoms with Gasteiger partial charge < -0.3 is 15.6 Å². The number of halogens is 1. The Morgan fingerprint density at radius 2 is 2.04 bits per heavy atom. The van der Waals surface area contributed by atoms with Crippen LogP contribution in [0.1, 0.15) is 24.5 Å². The third kappa shape index (κ3) is 7.00. The van der Waals surface area contributed by atoms with E-state index in [1.54, 1.807) is 12.1 Å². The molecule has 0 aliphatic heterocycles. The van der Waals surface area contributed by atoms with Crippen molar-refractivity contribution in [3.8, 4) is 5.75 Å². The number of aliphatic carboxylic acids is 1. The zero-order valence-corrected chi connectivity index (χ0v) is 15.5. The molecule has 27 heavy (non-hydrogen) atoms. The number of benzene rings is 2. The molecule has 0 radical (unpaired) electrons. The molecule has 0 spiro atoms. The highest BCUT2D eigenvalue weighted by molar-refractivity contribution is 5.74. The number of nitrogens with two attached hydrogens (primary N) is 1. The van der Waals surface area contributed by atoms with Gasteiger partial charge in [0.15, 0.2) is 0 Å². The summed E-state index contributed by atoms with van der Waals surface area (Å²) in [5.41, 5.74) is 7.30. The number of para-hydroxylation sites is 1. The number of hydrogen-bond acceptors (Lipinski definition) is 4. The van der Waals surface area contributed by atoms with Crippen molar-refractivity contribution in [2.45, 2.75) is 38.3 Å². The molecule has 2 atom stereocenters. The number of carboxylic acids is 1. The third-order valence-corrected chi connectivity index (χ3v) is 4.22.